The Morgan fingerprint density at radius 3 is 2.76 bits per heavy atom. The molecule has 5 nitrogen and oxygen atoms in total. The Morgan fingerprint density at radius 2 is 2.24 bits per heavy atom. The maximum atomic E-state index is 11.4. The monoisotopic (exact) mass is 238 g/mol. The van der Waals surface area contributed by atoms with Crippen molar-refractivity contribution in [2.75, 3.05) is 14.2 Å². The van der Waals surface area contributed by atoms with Crippen molar-refractivity contribution in [1.82, 2.24) is 5.32 Å². The molecule has 1 aromatic carbocycles. The number of hydrogen-bond donors (Lipinski definition) is 2. The van der Waals surface area contributed by atoms with Crippen molar-refractivity contribution < 1.29 is 14.3 Å². The lowest BCUT2D eigenvalue weighted by molar-refractivity contribution is -0.126. The first-order valence-electron chi connectivity index (χ1n) is 5.37. The van der Waals surface area contributed by atoms with Gasteiger partial charge in [0.05, 0.1) is 7.11 Å². The summed E-state index contributed by atoms with van der Waals surface area (Å²) in [6.07, 6.45) is -0.572. The molecule has 0 heterocycles. The molecule has 0 aliphatic carbocycles. The van der Waals surface area contributed by atoms with Gasteiger partial charge in [-0.25, -0.2) is 0 Å². The molecule has 0 bridgehead atoms. The lowest BCUT2D eigenvalue weighted by atomic mass is 10.2. The van der Waals surface area contributed by atoms with E-state index in [1.807, 2.05) is 6.07 Å². The second-order valence-electron chi connectivity index (χ2n) is 3.55. The third-order valence-electron chi connectivity index (χ3n) is 2.41. The molecule has 1 amide bonds. The van der Waals surface area contributed by atoms with Gasteiger partial charge in [-0.05, 0) is 13.0 Å². The van der Waals surface area contributed by atoms with Crippen LogP contribution < -0.4 is 20.5 Å². The van der Waals surface area contributed by atoms with Gasteiger partial charge in [-0.15, -0.1) is 0 Å². The van der Waals surface area contributed by atoms with Crippen molar-refractivity contribution in [3.8, 4) is 11.5 Å². The van der Waals surface area contributed by atoms with E-state index in [2.05, 4.69) is 5.32 Å². The van der Waals surface area contributed by atoms with Crippen molar-refractivity contribution >= 4 is 5.91 Å². The molecule has 0 saturated heterocycles. The van der Waals surface area contributed by atoms with Crippen LogP contribution in [0.1, 0.15) is 12.5 Å². The molecule has 0 spiro atoms. The molecule has 1 atom stereocenters. The Morgan fingerprint density at radius 1 is 1.53 bits per heavy atom. The highest BCUT2D eigenvalue weighted by molar-refractivity contribution is 5.80. The highest BCUT2D eigenvalue weighted by Gasteiger charge is 2.14. The predicted octanol–water partition coefficient (Wildman–Crippen LogP) is 0.667. The van der Waals surface area contributed by atoms with Crippen LogP contribution in [0.2, 0.25) is 0 Å². The zero-order chi connectivity index (χ0) is 12.8. The topological polar surface area (TPSA) is 73.6 Å². The summed E-state index contributed by atoms with van der Waals surface area (Å²) in [4.78, 5) is 11.4. The minimum Gasteiger partial charge on any atom is -0.497 e. The predicted molar refractivity (Wildman–Crippen MR) is 65.0 cm³/mol. The summed E-state index contributed by atoms with van der Waals surface area (Å²) in [5, 5.41) is 2.52. The van der Waals surface area contributed by atoms with E-state index in [9.17, 15) is 4.79 Å². The average molecular weight is 238 g/mol. The first kappa shape index (κ1) is 13.3. The molecule has 5 heteroatoms. The van der Waals surface area contributed by atoms with Gasteiger partial charge in [0.25, 0.3) is 5.91 Å². The number of nitrogens with one attached hydrogen (secondary N) is 1. The lowest BCUT2D eigenvalue weighted by Gasteiger charge is -2.16. The largest absolute Gasteiger partial charge is 0.497 e. The quantitative estimate of drug-likeness (QED) is 0.790. The van der Waals surface area contributed by atoms with Crippen molar-refractivity contribution in [3.63, 3.8) is 0 Å². The molecule has 1 rings (SSSR count). The summed E-state index contributed by atoms with van der Waals surface area (Å²) in [5.74, 6) is 1.06. The van der Waals surface area contributed by atoms with Crippen molar-refractivity contribution in [2.45, 2.75) is 19.6 Å². The van der Waals surface area contributed by atoms with Crippen LogP contribution in [0.25, 0.3) is 0 Å². The summed E-state index contributed by atoms with van der Waals surface area (Å²) in [6, 6.07) is 5.35. The third kappa shape index (κ3) is 3.35. The first-order chi connectivity index (χ1) is 8.12. The molecular formula is C12H18N2O3. The van der Waals surface area contributed by atoms with Crippen LogP contribution in [0.5, 0.6) is 11.5 Å². The minimum atomic E-state index is -0.572. The number of benzene rings is 1. The third-order valence-corrected chi connectivity index (χ3v) is 2.41. The van der Waals surface area contributed by atoms with Gasteiger partial charge in [-0.1, -0.05) is 6.07 Å². The number of carbonyl (C=O) groups excluding carboxylic acids is 1. The molecule has 17 heavy (non-hydrogen) atoms. The Bertz CT molecular complexity index is 393. The highest BCUT2D eigenvalue weighted by Crippen LogP contribution is 2.25. The highest BCUT2D eigenvalue weighted by atomic mass is 16.5. The fourth-order valence-electron chi connectivity index (χ4n) is 1.39. The standard InChI is InChI=1S/C12H18N2O3/c1-8(12(15)14-2)17-11-6-10(16-3)5-4-9(11)7-13/h4-6,8H,7,13H2,1-3H3,(H,14,15). The van der Waals surface area contributed by atoms with E-state index in [1.54, 1.807) is 33.2 Å². The molecule has 1 unspecified atom stereocenters. The summed E-state index contributed by atoms with van der Waals surface area (Å²) in [6.45, 7) is 2.03. The summed E-state index contributed by atoms with van der Waals surface area (Å²) in [5.41, 5.74) is 6.44. The molecule has 0 radical (unpaired) electrons. The first-order valence-corrected chi connectivity index (χ1v) is 5.37. The van der Waals surface area contributed by atoms with E-state index >= 15 is 0 Å². The Balaban J connectivity index is 2.91. The van der Waals surface area contributed by atoms with Gasteiger partial charge in [-0.3, -0.25) is 4.79 Å². The minimum absolute atomic E-state index is 0.184. The molecule has 0 aromatic heterocycles. The fraction of sp³-hybridized carbons (Fsp3) is 0.417. The molecule has 0 aliphatic rings. The number of ether oxygens (including phenoxy) is 2. The van der Waals surface area contributed by atoms with Crippen LogP contribution in [0.15, 0.2) is 18.2 Å². The van der Waals surface area contributed by atoms with Crippen LogP contribution in [-0.4, -0.2) is 26.2 Å². The number of carbonyl (C=O) groups is 1. The summed E-state index contributed by atoms with van der Waals surface area (Å²) >= 11 is 0. The lowest BCUT2D eigenvalue weighted by Crippen LogP contribution is -2.34. The van der Waals surface area contributed by atoms with Crippen LogP contribution in [0.4, 0.5) is 0 Å². The van der Waals surface area contributed by atoms with E-state index in [1.165, 1.54) is 0 Å². The van der Waals surface area contributed by atoms with Gasteiger partial charge in [0.1, 0.15) is 11.5 Å². The van der Waals surface area contributed by atoms with E-state index in [4.69, 9.17) is 15.2 Å². The van der Waals surface area contributed by atoms with Crippen LogP contribution in [0, 0.1) is 0 Å². The van der Waals surface area contributed by atoms with Gasteiger partial charge in [-0.2, -0.15) is 0 Å². The normalized spacial score (nSPS) is 11.8. The Kier molecular flexibility index (Phi) is 4.78. The molecule has 0 aliphatic heterocycles. The summed E-state index contributed by atoms with van der Waals surface area (Å²) in [7, 11) is 3.14. The van der Waals surface area contributed by atoms with Gasteiger partial charge in [0.2, 0.25) is 0 Å². The van der Waals surface area contributed by atoms with E-state index in [-0.39, 0.29) is 5.91 Å². The van der Waals surface area contributed by atoms with Gasteiger partial charge >= 0.3 is 0 Å². The summed E-state index contributed by atoms with van der Waals surface area (Å²) < 4.78 is 10.7. The van der Waals surface area contributed by atoms with Gasteiger partial charge in [0, 0.05) is 25.2 Å². The van der Waals surface area contributed by atoms with E-state index in [0.717, 1.165) is 5.56 Å². The van der Waals surface area contributed by atoms with Crippen molar-refractivity contribution in [2.24, 2.45) is 5.73 Å². The molecule has 1 aromatic rings. The number of methoxy groups -OCH3 is 1. The number of likely N-dealkylation sites (N-methyl/N-ethyl adjacent to an activating group) is 1. The molecular weight excluding hydrogens is 220 g/mol. The maximum Gasteiger partial charge on any atom is 0.260 e. The average Bonchev–Trinajstić information content (AvgIpc) is 2.37. The SMILES string of the molecule is CNC(=O)C(C)Oc1cc(OC)ccc1CN. The Labute approximate surface area is 101 Å². The number of nitrogens with two attached hydrogens (primary N) is 1. The van der Waals surface area contributed by atoms with Gasteiger partial charge < -0.3 is 20.5 Å². The van der Waals surface area contributed by atoms with Crippen LogP contribution >= 0.6 is 0 Å². The second-order valence-corrected chi connectivity index (χ2v) is 3.55. The Hall–Kier alpha value is -1.75. The smallest absolute Gasteiger partial charge is 0.260 e. The number of amides is 1. The van der Waals surface area contributed by atoms with E-state index in [0.29, 0.717) is 18.0 Å². The maximum absolute atomic E-state index is 11.4. The van der Waals surface area contributed by atoms with Crippen LogP contribution in [-0.2, 0) is 11.3 Å². The number of rotatable bonds is 5. The van der Waals surface area contributed by atoms with Crippen molar-refractivity contribution in [3.05, 3.63) is 23.8 Å². The van der Waals surface area contributed by atoms with E-state index < -0.39 is 6.10 Å². The van der Waals surface area contributed by atoms with Crippen LogP contribution in [0.3, 0.4) is 0 Å². The van der Waals surface area contributed by atoms with Gasteiger partial charge in [0.15, 0.2) is 6.10 Å². The fourth-order valence-corrected chi connectivity index (χ4v) is 1.39. The van der Waals surface area contributed by atoms with Crippen molar-refractivity contribution in [1.29, 1.82) is 0 Å². The molecule has 94 valence electrons. The zero-order valence-corrected chi connectivity index (χ0v) is 10.3. The zero-order valence-electron chi connectivity index (χ0n) is 10.3. The molecule has 0 fully saturated rings. The molecule has 0 saturated carbocycles. The molecule has 3 N–H and O–H groups in total. The number of hydrogen-bond acceptors (Lipinski definition) is 4. The second kappa shape index (κ2) is 6.10.